The zero-order chi connectivity index (χ0) is 12.3. The predicted molar refractivity (Wildman–Crippen MR) is 68.4 cm³/mol. The van der Waals surface area contributed by atoms with Gasteiger partial charge in [0.15, 0.2) is 0 Å². The van der Waals surface area contributed by atoms with Crippen molar-refractivity contribution >= 4 is 5.69 Å². The molecule has 0 spiro atoms. The number of nitrogens with one attached hydrogen (secondary N) is 1. The van der Waals surface area contributed by atoms with E-state index in [1.165, 1.54) is 12.8 Å². The van der Waals surface area contributed by atoms with Gasteiger partial charge in [0.1, 0.15) is 0 Å². The molecule has 1 saturated carbocycles. The molecule has 1 aliphatic carbocycles. The zero-order valence-corrected chi connectivity index (χ0v) is 10.5. The van der Waals surface area contributed by atoms with E-state index in [0.717, 1.165) is 18.5 Å². The van der Waals surface area contributed by atoms with Crippen LogP contribution in [0.15, 0.2) is 23.1 Å². The molecule has 1 aliphatic rings. The van der Waals surface area contributed by atoms with Gasteiger partial charge in [-0.15, -0.1) is 0 Å². The number of nitrogens with zero attached hydrogens (tertiary/aromatic N) is 1. The van der Waals surface area contributed by atoms with Crippen molar-refractivity contribution in [2.75, 3.05) is 12.4 Å². The van der Waals surface area contributed by atoms with Crippen molar-refractivity contribution in [3.8, 4) is 0 Å². The van der Waals surface area contributed by atoms with Crippen molar-refractivity contribution in [3.63, 3.8) is 0 Å². The molecule has 1 aromatic rings. The molecule has 0 aromatic carbocycles. The van der Waals surface area contributed by atoms with Crippen LogP contribution in [0.3, 0.4) is 0 Å². The number of pyridine rings is 1. The molecule has 94 valence electrons. The van der Waals surface area contributed by atoms with Crippen molar-refractivity contribution in [2.45, 2.75) is 37.8 Å². The van der Waals surface area contributed by atoms with Crippen molar-refractivity contribution in [1.29, 1.82) is 0 Å². The van der Waals surface area contributed by atoms with Gasteiger partial charge in [-0.05, 0) is 31.7 Å². The number of hydrogen-bond acceptors (Lipinski definition) is 3. The van der Waals surface area contributed by atoms with Gasteiger partial charge in [0.05, 0.1) is 11.8 Å². The van der Waals surface area contributed by atoms with E-state index in [1.54, 1.807) is 24.8 Å². The maximum atomic E-state index is 11.3. The largest absolute Gasteiger partial charge is 0.381 e. The molecule has 0 amide bonds. The quantitative estimate of drug-likeness (QED) is 0.869. The summed E-state index contributed by atoms with van der Waals surface area (Å²) in [6.45, 7) is 0. The molecule has 17 heavy (non-hydrogen) atoms. The molecule has 1 aromatic heterocycles. The molecule has 0 saturated heterocycles. The molecular weight excluding hydrogens is 216 g/mol. The number of aryl methyl sites for hydroxylation is 1. The average molecular weight is 236 g/mol. The molecule has 1 heterocycles. The van der Waals surface area contributed by atoms with Crippen molar-refractivity contribution in [1.82, 2.24) is 4.57 Å². The van der Waals surface area contributed by atoms with Gasteiger partial charge in [-0.2, -0.15) is 0 Å². The second-order valence-electron chi connectivity index (χ2n) is 4.73. The first-order valence-electron chi connectivity index (χ1n) is 6.15. The fraction of sp³-hybridized carbons (Fsp3) is 0.615. The standard InChI is InChI=1S/C13H20N2O2/c1-15-9-11(6-7-13(15)16)14-10-4-3-5-12(8-10)17-2/h6-7,9-10,12,14H,3-5,8H2,1-2H3. The average Bonchev–Trinajstić information content (AvgIpc) is 2.34. The third kappa shape index (κ3) is 3.09. The summed E-state index contributed by atoms with van der Waals surface area (Å²) in [7, 11) is 3.55. The Labute approximate surface area is 102 Å². The highest BCUT2D eigenvalue weighted by Gasteiger charge is 2.21. The number of ether oxygens (including phenoxy) is 1. The van der Waals surface area contributed by atoms with Gasteiger partial charge in [0.2, 0.25) is 5.56 Å². The van der Waals surface area contributed by atoms with E-state index < -0.39 is 0 Å². The van der Waals surface area contributed by atoms with Crippen LogP contribution in [0, 0.1) is 0 Å². The molecule has 0 aliphatic heterocycles. The first-order valence-corrected chi connectivity index (χ1v) is 6.15. The Hall–Kier alpha value is -1.29. The zero-order valence-electron chi connectivity index (χ0n) is 10.5. The monoisotopic (exact) mass is 236 g/mol. The first kappa shape index (κ1) is 12.2. The summed E-state index contributed by atoms with van der Waals surface area (Å²) in [6.07, 6.45) is 6.78. The van der Waals surface area contributed by atoms with Gasteiger partial charge in [0.25, 0.3) is 0 Å². The van der Waals surface area contributed by atoms with Crippen molar-refractivity contribution in [3.05, 3.63) is 28.7 Å². The summed E-state index contributed by atoms with van der Waals surface area (Å²) in [5, 5.41) is 3.47. The van der Waals surface area contributed by atoms with Crippen LogP contribution in [0.2, 0.25) is 0 Å². The van der Waals surface area contributed by atoms with Crippen LogP contribution >= 0.6 is 0 Å². The lowest BCUT2D eigenvalue weighted by atomic mass is 9.93. The Morgan fingerprint density at radius 1 is 1.41 bits per heavy atom. The molecule has 2 atom stereocenters. The highest BCUT2D eigenvalue weighted by Crippen LogP contribution is 2.23. The normalized spacial score (nSPS) is 24.6. The van der Waals surface area contributed by atoms with Gasteiger partial charge in [-0.25, -0.2) is 0 Å². The summed E-state index contributed by atoms with van der Waals surface area (Å²) in [6, 6.07) is 3.89. The fourth-order valence-electron chi connectivity index (χ4n) is 2.41. The lowest BCUT2D eigenvalue weighted by molar-refractivity contribution is 0.0669. The minimum atomic E-state index is 0.0222. The number of hydrogen-bond donors (Lipinski definition) is 1. The lowest BCUT2D eigenvalue weighted by Gasteiger charge is -2.29. The van der Waals surface area contributed by atoms with E-state index in [9.17, 15) is 4.79 Å². The van der Waals surface area contributed by atoms with Gasteiger partial charge >= 0.3 is 0 Å². The molecular formula is C13H20N2O2. The summed E-state index contributed by atoms with van der Waals surface area (Å²) in [5.41, 5.74) is 1.03. The van der Waals surface area contributed by atoms with Crippen molar-refractivity contribution in [2.24, 2.45) is 7.05 Å². The van der Waals surface area contributed by atoms with Crippen molar-refractivity contribution < 1.29 is 4.74 Å². The third-order valence-corrected chi connectivity index (χ3v) is 3.42. The van der Waals surface area contributed by atoms with E-state index in [0.29, 0.717) is 12.1 Å². The summed E-state index contributed by atoms with van der Waals surface area (Å²) in [5.74, 6) is 0. The molecule has 4 nitrogen and oxygen atoms in total. The Morgan fingerprint density at radius 2 is 2.24 bits per heavy atom. The van der Waals surface area contributed by atoms with Gasteiger partial charge in [-0.1, -0.05) is 0 Å². The van der Waals surface area contributed by atoms with Gasteiger partial charge < -0.3 is 14.6 Å². The Kier molecular flexibility index (Phi) is 3.84. The van der Waals surface area contributed by atoms with E-state index in [-0.39, 0.29) is 5.56 Å². The second kappa shape index (κ2) is 5.36. The molecule has 2 unspecified atom stereocenters. The Balaban J connectivity index is 2.00. The maximum absolute atomic E-state index is 11.3. The summed E-state index contributed by atoms with van der Waals surface area (Å²) in [4.78, 5) is 11.3. The molecule has 1 fully saturated rings. The minimum absolute atomic E-state index is 0.0222. The Morgan fingerprint density at radius 3 is 2.94 bits per heavy atom. The smallest absolute Gasteiger partial charge is 0.250 e. The molecule has 1 N–H and O–H groups in total. The number of anilines is 1. The van der Waals surface area contributed by atoms with Crippen LogP contribution in [0.4, 0.5) is 5.69 Å². The van der Waals surface area contributed by atoms with E-state index in [4.69, 9.17) is 4.74 Å². The first-order chi connectivity index (χ1) is 8.19. The lowest BCUT2D eigenvalue weighted by Crippen LogP contribution is -2.31. The number of aromatic nitrogens is 1. The van der Waals surface area contributed by atoms with E-state index in [2.05, 4.69) is 5.32 Å². The van der Waals surface area contributed by atoms with Crippen LogP contribution in [-0.2, 0) is 11.8 Å². The second-order valence-corrected chi connectivity index (χ2v) is 4.73. The van der Waals surface area contributed by atoms with E-state index >= 15 is 0 Å². The summed E-state index contributed by atoms with van der Waals surface area (Å²) < 4.78 is 7.00. The highest BCUT2D eigenvalue weighted by molar-refractivity contribution is 5.41. The maximum Gasteiger partial charge on any atom is 0.250 e. The molecule has 0 bridgehead atoms. The molecule has 0 radical (unpaired) electrons. The Bertz CT molecular complexity index is 428. The van der Waals surface area contributed by atoms with Gasteiger partial charge in [-0.3, -0.25) is 4.79 Å². The topological polar surface area (TPSA) is 43.3 Å². The van der Waals surface area contributed by atoms with Crippen LogP contribution in [-0.4, -0.2) is 23.8 Å². The third-order valence-electron chi connectivity index (χ3n) is 3.42. The van der Waals surface area contributed by atoms with Crippen LogP contribution in [0.5, 0.6) is 0 Å². The van der Waals surface area contributed by atoms with Crippen LogP contribution < -0.4 is 10.9 Å². The van der Waals surface area contributed by atoms with Crippen LogP contribution in [0.25, 0.3) is 0 Å². The van der Waals surface area contributed by atoms with Crippen LogP contribution in [0.1, 0.15) is 25.7 Å². The molecule has 4 heteroatoms. The number of rotatable bonds is 3. The SMILES string of the molecule is COC1CCCC(Nc2ccc(=O)n(C)c2)C1. The van der Waals surface area contributed by atoms with E-state index in [1.807, 2.05) is 12.3 Å². The minimum Gasteiger partial charge on any atom is -0.381 e. The molecule has 2 rings (SSSR count). The predicted octanol–water partition coefficient (Wildman–Crippen LogP) is 1.75. The fourth-order valence-corrected chi connectivity index (χ4v) is 2.41. The van der Waals surface area contributed by atoms with Gasteiger partial charge in [0, 0.05) is 32.5 Å². The summed E-state index contributed by atoms with van der Waals surface area (Å²) >= 11 is 0. The number of methoxy groups -OCH3 is 1. The highest BCUT2D eigenvalue weighted by atomic mass is 16.5.